The van der Waals surface area contributed by atoms with Crippen molar-refractivity contribution in [2.24, 2.45) is 0 Å². The van der Waals surface area contributed by atoms with E-state index >= 15 is 0 Å². The van der Waals surface area contributed by atoms with E-state index in [2.05, 4.69) is 10.3 Å². The molecule has 0 atom stereocenters. The lowest BCUT2D eigenvalue weighted by Gasteiger charge is -2.09. The Morgan fingerprint density at radius 2 is 1.56 bits per heavy atom. The van der Waals surface area contributed by atoms with Crippen LogP contribution in [0.25, 0.3) is 11.6 Å². The number of anilines is 1. The van der Waals surface area contributed by atoms with Gasteiger partial charge in [0.2, 0.25) is 9.84 Å². The summed E-state index contributed by atoms with van der Waals surface area (Å²) < 4.78 is 53.6. The second-order valence-corrected chi connectivity index (χ2v) is 13.5. The highest BCUT2D eigenvalue weighted by molar-refractivity contribution is 7.91. The van der Waals surface area contributed by atoms with E-state index in [0.717, 1.165) is 0 Å². The van der Waals surface area contributed by atoms with Crippen molar-refractivity contribution in [3.8, 4) is 0 Å². The maximum absolute atomic E-state index is 13.6. The molecule has 1 aliphatic rings. The molecule has 0 radical (unpaired) electrons. The van der Waals surface area contributed by atoms with Gasteiger partial charge in [-0.1, -0.05) is 48.5 Å². The van der Waals surface area contributed by atoms with Crippen molar-refractivity contribution in [1.29, 1.82) is 0 Å². The molecule has 0 unspecified atom stereocenters. The molecule has 9 nitrogen and oxygen atoms in total. The summed E-state index contributed by atoms with van der Waals surface area (Å²) in [4.78, 5) is 27.5. The molecule has 4 aromatic rings. The van der Waals surface area contributed by atoms with Crippen molar-refractivity contribution >= 4 is 48.9 Å². The number of carbonyl (C=O) groups excluding carboxylic acids is 1. The molecule has 0 fully saturated rings. The van der Waals surface area contributed by atoms with Crippen LogP contribution < -0.4 is 5.32 Å². The Bertz CT molecular complexity index is 1910. The molecule has 0 saturated heterocycles. The van der Waals surface area contributed by atoms with Crippen LogP contribution in [0.1, 0.15) is 34.5 Å². The van der Waals surface area contributed by atoms with E-state index in [1.165, 1.54) is 36.4 Å². The number of aliphatic carboxylic acids is 1. The molecule has 210 valence electrons. The van der Waals surface area contributed by atoms with Crippen LogP contribution in [0.4, 0.5) is 5.69 Å². The van der Waals surface area contributed by atoms with Crippen LogP contribution in [0.5, 0.6) is 0 Å². The van der Waals surface area contributed by atoms with Crippen molar-refractivity contribution in [3.05, 3.63) is 107 Å². The van der Waals surface area contributed by atoms with Crippen LogP contribution in [0.3, 0.4) is 0 Å². The first-order chi connectivity index (χ1) is 19.5. The SMILES string of the molecule is Cc1[nH]c(C=C2C(=O)Nc3ccc(S(=O)(=O)Cc4ccccc4)cc32)c(CCC(=O)O)c1S(=O)(=O)c1ccccc1. The zero-order valence-corrected chi connectivity index (χ0v) is 23.6. The summed E-state index contributed by atoms with van der Waals surface area (Å²) in [6, 6.07) is 20.9. The first-order valence-electron chi connectivity index (χ1n) is 12.6. The molecule has 1 amide bonds. The Hall–Kier alpha value is -4.48. The monoisotopic (exact) mass is 590 g/mol. The molecule has 3 N–H and O–H groups in total. The highest BCUT2D eigenvalue weighted by Gasteiger charge is 2.31. The summed E-state index contributed by atoms with van der Waals surface area (Å²) in [6.07, 6.45) is 0.999. The minimum absolute atomic E-state index is 0.0311. The third-order valence-corrected chi connectivity index (χ3v) is 10.5. The lowest BCUT2D eigenvalue weighted by molar-refractivity contribution is -0.137. The Morgan fingerprint density at radius 3 is 2.22 bits per heavy atom. The topological polar surface area (TPSA) is 150 Å². The summed E-state index contributed by atoms with van der Waals surface area (Å²) in [7, 11) is -7.77. The molecular weight excluding hydrogens is 564 g/mol. The second kappa shape index (κ2) is 10.8. The average molecular weight is 591 g/mol. The molecule has 11 heteroatoms. The van der Waals surface area contributed by atoms with Crippen molar-refractivity contribution in [2.75, 3.05) is 5.32 Å². The fourth-order valence-electron chi connectivity index (χ4n) is 4.89. The first kappa shape index (κ1) is 28.1. The van der Waals surface area contributed by atoms with Gasteiger partial charge in [-0.15, -0.1) is 0 Å². The van der Waals surface area contributed by atoms with Gasteiger partial charge in [-0.2, -0.15) is 0 Å². The lowest BCUT2D eigenvalue weighted by atomic mass is 10.0. The Labute approximate surface area is 237 Å². The molecule has 1 aliphatic heterocycles. The first-order valence-corrected chi connectivity index (χ1v) is 15.8. The van der Waals surface area contributed by atoms with E-state index in [9.17, 15) is 31.5 Å². The number of nitrogens with one attached hydrogen (secondary N) is 2. The Morgan fingerprint density at radius 1 is 0.902 bits per heavy atom. The molecule has 0 spiro atoms. The van der Waals surface area contributed by atoms with E-state index in [-0.39, 0.29) is 50.1 Å². The number of aryl methyl sites for hydroxylation is 1. The Kier molecular flexibility index (Phi) is 7.41. The quantitative estimate of drug-likeness (QED) is 0.240. The molecule has 41 heavy (non-hydrogen) atoms. The number of rotatable bonds is 9. The van der Waals surface area contributed by atoms with Gasteiger partial charge in [-0.05, 0) is 60.9 Å². The van der Waals surface area contributed by atoms with Gasteiger partial charge >= 0.3 is 5.97 Å². The number of sulfone groups is 2. The minimum Gasteiger partial charge on any atom is -0.481 e. The number of hydrogen-bond donors (Lipinski definition) is 3. The van der Waals surface area contributed by atoms with E-state index in [0.29, 0.717) is 22.5 Å². The van der Waals surface area contributed by atoms with Crippen molar-refractivity contribution in [1.82, 2.24) is 4.98 Å². The zero-order chi connectivity index (χ0) is 29.4. The standard InChI is InChI=1S/C30H26N2O7S2/c1-19-29(41(38,39)21-10-6-3-7-11-21)23(13-15-28(33)34)27(31-19)17-25-24-16-22(12-14-26(24)32-30(25)35)40(36,37)18-20-8-4-2-5-9-20/h2-12,14,16-17,31H,13,15,18H2,1H3,(H,32,35)(H,33,34). The number of aromatic nitrogens is 1. The van der Waals surface area contributed by atoms with E-state index in [1.807, 2.05) is 0 Å². The summed E-state index contributed by atoms with van der Waals surface area (Å²) in [5.41, 5.74) is 2.27. The maximum atomic E-state index is 13.6. The van der Waals surface area contributed by atoms with Crippen LogP contribution in [-0.4, -0.2) is 38.8 Å². The van der Waals surface area contributed by atoms with Gasteiger partial charge in [-0.3, -0.25) is 9.59 Å². The molecular formula is C30H26N2O7S2. The van der Waals surface area contributed by atoms with E-state index in [4.69, 9.17) is 0 Å². The number of aromatic amines is 1. The number of H-pyrrole nitrogens is 1. The van der Waals surface area contributed by atoms with Crippen molar-refractivity contribution in [3.63, 3.8) is 0 Å². The fourth-order valence-corrected chi connectivity index (χ4v) is 8.01. The highest BCUT2D eigenvalue weighted by atomic mass is 32.2. The normalized spacial score (nSPS) is 14.2. The molecule has 1 aromatic heterocycles. The van der Waals surface area contributed by atoms with Crippen LogP contribution in [0, 0.1) is 6.92 Å². The number of carboxylic acids is 1. The second-order valence-electron chi connectivity index (χ2n) is 9.65. The number of fused-ring (bicyclic) bond motifs is 1. The van der Waals surface area contributed by atoms with Gasteiger partial charge in [0, 0.05) is 29.1 Å². The zero-order valence-electron chi connectivity index (χ0n) is 21.9. The van der Waals surface area contributed by atoms with Gasteiger partial charge in [-0.25, -0.2) is 16.8 Å². The molecule has 3 aromatic carbocycles. The van der Waals surface area contributed by atoms with Crippen molar-refractivity contribution < 1.29 is 31.5 Å². The van der Waals surface area contributed by atoms with Crippen LogP contribution in [0.2, 0.25) is 0 Å². The largest absolute Gasteiger partial charge is 0.481 e. The predicted octanol–water partition coefficient (Wildman–Crippen LogP) is 4.64. The Balaban J connectivity index is 1.61. The number of carboxylic acid groups (broad SMARTS) is 1. The molecule has 5 rings (SSSR count). The third kappa shape index (κ3) is 5.59. The van der Waals surface area contributed by atoms with Gasteiger partial charge in [0.05, 0.1) is 26.0 Å². The summed E-state index contributed by atoms with van der Waals surface area (Å²) in [5.74, 6) is -1.83. The summed E-state index contributed by atoms with van der Waals surface area (Å²) in [5, 5.41) is 12.1. The number of hydrogen-bond acceptors (Lipinski definition) is 6. The van der Waals surface area contributed by atoms with Gasteiger partial charge in [0.1, 0.15) is 0 Å². The lowest BCUT2D eigenvalue weighted by Crippen LogP contribution is -2.08. The molecule has 0 aliphatic carbocycles. The number of benzene rings is 3. The number of carbonyl (C=O) groups is 2. The van der Waals surface area contributed by atoms with E-state index < -0.39 is 31.6 Å². The van der Waals surface area contributed by atoms with E-state index in [1.54, 1.807) is 55.5 Å². The van der Waals surface area contributed by atoms with Gasteiger partial charge in [0.15, 0.2) is 9.84 Å². The highest BCUT2D eigenvalue weighted by Crippen LogP contribution is 2.38. The molecule has 0 saturated carbocycles. The molecule has 2 heterocycles. The third-order valence-electron chi connectivity index (χ3n) is 6.79. The maximum Gasteiger partial charge on any atom is 0.303 e. The summed E-state index contributed by atoms with van der Waals surface area (Å²) in [6.45, 7) is 1.57. The van der Waals surface area contributed by atoms with Gasteiger partial charge < -0.3 is 15.4 Å². The average Bonchev–Trinajstić information content (AvgIpc) is 3.43. The van der Waals surface area contributed by atoms with Crippen molar-refractivity contribution in [2.45, 2.75) is 40.2 Å². The van der Waals surface area contributed by atoms with Gasteiger partial charge in [0.25, 0.3) is 5.91 Å². The van der Waals surface area contributed by atoms with Crippen LogP contribution in [0.15, 0.2) is 93.5 Å². The minimum atomic E-state index is -4.02. The van der Waals surface area contributed by atoms with Crippen LogP contribution in [-0.2, 0) is 41.4 Å². The smallest absolute Gasteiger partial charge is 0.303 e. The predicted molar refractivity (Wildman–Crippen MR) is 154 cm³/mol. The fraction of sp³-hybridized carbons (Fsp3) is 0.133. The summed E-state index contributed by atoms with van der Waals surface area (Å²) >= 11 is 0. The molecule has 0 bridgehead atoms. The van der Waals surface area contributed by atoms with Crippen LogP contribution >= 0.6 is 0 Å². The number of amides is 1.